The highest BCUT2D eigenvalue weighted by Crippen LogP contribution is 2.37. The molecule has 0 bridgehead atoms. The summed E-state index contributed by atoms with van der Waals surface area (Å²) >= 11 is 0. The number of para-hydroxylation sites is 1. The summed E-state index contributed by atoms with van der Waals surface area (Å²) in [7, 11) is 1.99. The molecule has 1 saturated heterocycles. The van der Waals surface area contributed by atoms with Gasteiger partial charge in [0.1, 0.15) is 5.69 Å². The van der Waals surface area contributed by atoms with Crippen LogP contribution in [0.4, 0.5) is 0 Å². The summed E-state index contributed by atoms with van der Waals surface area (Å²) in [6, 6.07) is 10.6. The predicted octanol–water partition coefficient (Wildman–Crippen LogP) is 3.71. The molecule has 2 fully saturated rings. The van der Waals surface area contributed by atoms with Gasteiger partial charge in [-0.05, 0) is 43.7 Å². The molecule has 5 rings (SSSR count). The van der Waals surface area contributed by atoms with E-state index in [2.05, 4.69) is 34.9 Å². The molecule has 1 aliphatic carbocycles. The van der Waals surface area contributed by atoms with Crippen LogP contribution < -0.4 is 0 Å². The van der Waals surface area contributed by atoms with Crippen molar-refractivity contribution in [3.05, 3.63) is 36.0 Å². The Balaban J connectivity index is 1.66. The lowest BCUT2D eigenvalue weighted by Crippen LogP contribution is -2.36. The number of rotatable bonds is 3. The molecule has 1 saturated carbocycles. The molecule has 1 amide bonds. The average molecular weight is 337 g/mol. The molecule has 3 heterocycles. The van der Waals surface area contributed by atoms with Crippen LogP contribution in [0.1, 0.15) is 36.2 Å². The van der Waals surface area contributed by atoms with E-state index < -0.39 is 0 Å². The summed E-state index contributed by atoms with van der Waals surface area (Å²) in [6.07, 6.45) is 4.66. The van der Waals surface area contributed by atoms with Crippen molar-refractivity contribution in [3.8, 4) is 0 Å². The van der Waals surface area contributed by atoms with Gasteiger partial charge in [0.05, 0.1) is 23.2 Å². The van der Waals surface area contributed by atoms with Gasteiger partial charge >= 0.3 is 0 Å². The predicted molar refractivity (Wildman–Crippen MR) is 97.4 cm³/mol. The van der Waals surface area contributed by atoms with E-state index in [1.165, 1.54) is 28.8 Å². The normalized spacial score (nSPS) is 18.4. The van der Waals surface area contributed by atoms with Crippen molar-refractivity contribution in [2.75, 3.05) is 13.2 Å². The number of hydroxylamine groups is 2. The topological polar surface area (TPSA) is 39.4 Å². The molecule has 2 aliphatic rings. The van der Waals surface area contributed by atoms with E-state index in [4.69, 9.17) is 4.84 Å². The van der Waals surface area contributed by atoms with Gasteiger partial charge in [-0.3, -0.25) is 9.63 Å². The van der Waals surface area contributed by atoms with E-state index >= 15 is 0 Å². The van der Waals surface area contributed by atoms with Crippen molar-refractivity contribution in [3.63, 3.8) is 0 Å². The number of amides is 1. The maximum atomic E-state index is 12.9. The van der Waals surface area contributed by atoms with Crippen molar-refractivity contribution >= 4 is 27.8 Å². The van der Waals surface area contributed by atoms with Gasteiger partial charge in [-0.1, -0.05) is 18.2 Å². The lowest BCUT2D eigenvalue weighted by molar-refractivity contribution is -0.144. The van der Waals surface area contributed by atoms with Crippen LogP contribution in [-0.2, 0) is 18.4 Å². The standard InChI is InChI=1S/C20H23N3O2/c1-21-18(20(24)23-10-4-5-11-25-23)12-17-19(21)15-6-2-3-7-16(15)22(17)13-14-8-9-14/h2-3,6-7,12,14H,4-5,8-11,13H2,1H3. The fraction of sp³-hybridized carbons (Fsp3) is 0.450. The molecule has 0 atom stereocenters. The van der Waals surface area contributed by atoms with Crippen molar-refractivity contribution in [2.24, 2.45) is 13.0 Å². The van der Waals surface area contributed by atoms with Crippen molar-refractivity contribution in [2.45, 2.75) is 32.2 Å². The van der Waals surface area contributed by atoms with Gasteiger partial charge in [0.25, 0.3) is 5.91 Å². The van der Waals surface area contributed by atoms with E-state index in [0.717, 1.165) is 36.3 Å². The van der Waals surface area contributed by atoms with Crippen LogP contribution >= 0.6 is 0 Å². The first-order valence-electron chi connectivity index (χ1n) is 9.25. The molecule has 5 heteroatoms. The zero-order valence-corrected chi connectivity index (χ0v) is 14.6. The first-order chi connectivity index (χ1) is 12.2. The van der Waals surface area contributed by atoms with Gasteiger partial charge in [-0.15, -0.1) is 0 Å². The SMILES string of the molecule is Cn1c(C(=O)N2CCCCO2)cc2c1c1ccccc1n2CC1CC1. The molecule has 5 nitrogen and oxygen atoms in total. The van der Waals surface area contributed by atoms with Gasteiger partial charge < -0.3 is 9.13 Å². The minimum Gasteiger partial charge on any atom is -0.339 e. The third-order valence-electron chi connectivity index (χ3n) is 5.54. The van der Waals surface area contributed by atoms with Gasteiger partial charge in [0.2, 0.25) is 0 Å². The number of hydrogen-bond donors (Lipinski definition) is 0. The number of aromatic nitrogens is 2. The van der Waals surface area contributed by atoms with E-state index in [-0.39, 0.29) is 5.91 Å². The number of benzene rings is 1. The van der Waals surface area contributed by atoms with Gasteiger partial charge in [0.15, 0.2) is 0 Å². The number of hydrogen-bond acceptors (Lipinski definition) is 2. The fourth-order valence-electron chi connectivity index (χ4n) is 4.00. The Morgan fingerprint density at radius 3 is 2.80 bits per heavy atom. The number of carbonyl (C=O) groups excluding carboxylic acids is 1. The molecule has 0 N–H and O–H groups in total. The zero-order chi connectivity index (χ0) is 17.0. The quantitative estimate of drug-likeness (QED) is 0.731. The second kappa shape index (κ2) is 5.63. The minimum absolute atomic E-state index is 0.0274. The lowest BCUT2D eigenvalue weighted by Gasteiger charge is -2.25. The summed E-state index contributed by atoms with van der Waals surface area (Å²) < 4.78 is 4.44. The van der Waals surface area contributed by atoms with Gasteiger partial charge in [0, 0.05) is 25.5 Å². The number of aryl methyl sites for hydroxylation is 1. The van der Waals surface area contributed by atoms with Crippen LogP contribution in [-0.4, -0.2) is 33.3 Å². The molecule has 3 aromatic rings. The van der Waals surface area contributed by atoms with E-state index in [0.29, 0.717) is 18.8 Å². The van der Waals surface area contributed by atoms with Crippen LogP contribution in [0.3, 0.4) is 0 Å². The van der Waals surface area contributed by atoms with Crippen molar-refractivity contribution < 1.29 is 9.63 Å². The molecule has 1 aliphatic heterocycles. The maximum absolute atomic E-state index is 12.9. The Kier molecular flexibility index (Phi) is 3.38. The summed E-state index contributed by atoms with van der Waals surface area (Å²) in [5.41, 5.74) is 4.29. The number of fused-ring (bicyclic) bond motifs is 3. The summed E-state index contributed by atoms with van der Waals surface area (Å²) in [6.45, 7) is 2.35. The molecule has 2 aromatic heterocycles. The van der Waals surface area contributed by atoms with Gasteiger partial charge in [-0.25, -0.2) is 5.06 Å². The van der Waals surface area contributed by atoms with Crippen LogP contribution in [0.5, 0.6) is 0 Å². The highest BCUT2D eigenvalue weighted by molar-refractivity contribution is 6.10. The molecule has 130 valence electrons. The smallest absolute Gasteiger partial charge is 0.294 e. The lowest BCUT2D eigenvalue weighted by atomic mass is 10.2. The van der Waals surface area contributed by atoms with Crippen LogP contribution in [0.25, 0.3) is 21.9 Å². The molecule has 0 spiro atoms. The Morgan fingerprint density at radius 1 is 1.20 bits per heavy atom. The highest BCUT2D eigenvalue weighted by Gasteiger charge is 2.28. The Labute approximate surface area is 146 Å². The van der Waals surface area contributed by atoms with E-state index in [1.807, 2.05) is 11.6 Å². The van der Waals surface area contributed by atoms with Crippen molar-refractivity contribution in [1.29, 1.82) is 0 Å². The molecule has 0 radical (unpaired) electrons. The average Bonchev–Trinajstić information content (AvgIpc) is 3.34. The second-order valence-corrected chi connectivity index (χ2v) is 7.34. The molecule has 0 unspecified atom stereocenters. The molecule has 1 aromatic carbocycles. The molecular formula is C20H23N3O2. The fourth-order valence-corrected chi connectivity index (χ4v) is 4.00. The number of carbonyl (C=O) groups is 1. The van der Waals surface area contributed by atoms with Crippen LogP contribution in [0.2, 0.25) is 0 Å². The van der Waals surface area contributed by atoms with E-state index in [9.17, 15) is 4.79 Å². The van der Waals surface area contributed by atoms with Crippen LogP contribution in [0.15, 0.2) is 30.3 Å². The van der Waals surface area contributed by atoms with Crippen molar-refractivity contribution in [1.82, 2.24) is 14.2 Å². The van der Waals surface area contributed by atoms with Crippen LogP contribution in [0, 0.1) is 5.92 Å². The summed E-state index contributed by atoms with van der Waals surface area (Å²) in [5.74, 6) is 0.754. The van der Waals surface area contributed by atoms with E-state index in [1.54, 1.807) is 0 Å². The number of nitrogens with zero attached hydrogens (tertiary/aromatic N) is 3. The second-order valence-electron chi connectivity index (χ2n) is 7.34. The first-order valence-corrected chi connectivity index (χ1v) is 9.25. The molecule has 25 heavy (non-hydrogen) atoms. The largest absolute Gasteiger partial charge is 0.339 e. The first kappa shape index (κ1) is 15.0. The Bertz CT molecular complexity index is 958. The Hall–Kier alpha value is -2.27. The Morgan fingerprint density at radius 2 is 2.04 bits per heavy atom. The maximum Gasteiger partial charge on any atom is 0.294 e. The minimum atomic E-state index is -0.0274. The van der Waals surface area contributed by atoms with Gasteiger partial charge in [-0.2, -0.15) is 0 Å². The third-order valence-corrected chi connectivity index (χ3v) is 5.54. The highest BCUT2D eigenvalue weighted by atomic mass is 16.7. The molecular weight excluding hydrogens is 314 g/mol. The zero-order valence-electron chi connectivity index (χ0n) is 14.6. The summed E-state index contributed by atoms with van der Waals surface area (Å²) in [4.78, 5) is 18.5. The third kappa shape index (κ3) is 2.37. The monoisotopic (exact) mass is 337 g/mol. The summed E-state index contributed by atoms with van der Waals surface area (Å²) in [5, 5.41) is 2.75.